The van der Waals surface area contributed by atoms with Crippen LogP contribution in [0.2, 0.25) is 0 Å². The van der Waals surface area contributed by atoms with Gasteiger partial charge in [0.05, 0.1) is 0 Å². The molecule has 0 aromatic rings. The van der Waals surface area contributed by atoms with E-state index in [1.54, 1.807) is 0 Å². The fourth-order valence-corrected chi connectivity index (χ4v) is 3.76. The Morgan fingerprint density at radius 2 is 1.82 bits per heavy atom. The molecule has 2 fully saturated rings. The Morgan fingerprint density at radius 3 is 2.41 bits per heavy atom. The Labute approximate surface area is 107 Å². The largest absolute Gasteiger partial charge is 0.316 e. The van der Waals surface area contributed by atoms with Crippen LogP contribution in [0.3, 0.4) is 0 Å². The molecule has 1 unspecified atom stereocenters. The number of nitrogens with zero attached hydrogens (tertiary/aromatic N) is 1. The van der Waals surface area contributed by atoms with Crippen molar-refractivity contribution in [2.75, 3.05) is 32.7 Å². The van der Waals surface area contributed by atoms with Crippen LogP contribution in [0, 0.1) is 5.41 Å². The van der Waals surface area contributed by atoms with Crippen molar-refractivity contribution < 1.29 is 0 Å². The Hall–Kier alpha value is -0.0800. The summed E-state index contributed by atoms with van der Waals surface area (Å²) in [6.45, 7) is 8.91. The molecule has 0 amide bonds. The van der Waals surface area contributed by atoms with E-state index >= 15 is 0 Å². The summed E-state index contributed by atoms with van der Waals surface area (Å²) in [4.78, 5) is 2.76. The predicted molar refractivity (Wildman–Crippen MR) is 74.4 cm³/mol. The van der Waals surface area contributed by atoms with Gasteiger partial charge in [-0.2, -0.15) is 0 Å². The topological polar surface area (TPSA) is 15.3 Å². The summed E-state index contributed by atoms with van der Waals surface area (Å²) >= 11 is 0. The minimum Gasteiger partial charge on any atom is -0.316 e. The minimum absolute atomic E-state index is 0.595. The number of rotatable bonds is 4. The number of piperidine rings is 1. The van der Waals surface area contributed by atoms with Gasteiger partial charge in [-0.3, -0.25) is 0 Å². The molecular formula is C15H30N2. The fourth-order valence-electron chi connectivity index (χ4n) is 3.76. The van der Waals surface area contributed by atoms with Gasteiger partial charge in [0.1, 0.15) is 0 Å². The lowest BCUT2D eigenvalue weighted by Crippen LogP contribution is -2.47. The molecule has 2 nitrogen and oxygen atoms in total. The lowest BCUT2D eigenvalue weighted by Gasteiger charge is -2.41. The van der Waals surface area contributed by atoms with Crippen LogP contribution in [0.5, 0.6) is 0 Å². The van der Waals surface area contributed by atoms with Crippen LogP contribution in [-0.2, 0) is 0 Å². The quantitative estimate of drug-likeness (QED) is 0.810. The third-order valence-corrected chi connectivity index (χ3v) is 4.60. The van der Waals surface area contributed by atoms with E-state index in [0.29, 0.717) is 5.41 Å². The molecule has 2 aliphatic heterocycles. The van der Waals surface area contributed by atoms with Gasteiger partial charge in [-0.05, 0) is 57.2 Å². The molecule has 2 heteroatoms. The molecule has 0 spiro atoms. The maximum absolute atomic E-state index is 3.64. The summed E-state index contributed by atoms with van der Waals surface area (Å²) in [5.74, 6) is 0. The number of nitrogens with one attached hydrogen (secondary N) is 1. The van der Waals surface area contributed by atoms with E-state index < -0.39 is 0 Å². The molecule has 1 N–H and O–H groups in total. The van der Waals surface area contributed by atoms with Crippen molar-refractivity contribution in [2.24, 2.45) is 5.41 Å². The summed E-state index contributed by atoms with van der Waals surface area (Å²) < 4.78 is 0. The summed E-state index contributed by atoms with van der Waals surface area (Å²) in [6, 6.07) is 0. The summed E-state index contributed by atoms with van der Waals surface area (Å²) in [5, 5.41) is 3.64. The van der Waals surface area contributed by atoms with Crippen LogP contribution in [0.1, 0.15) is 58.3 Å². The third-order valence-electron chi connectivity index (χ3n) is 4.60. The van der Waals surface area contributed by atoms with Crippen molar-refractivity contribution in [1.82, 2.24) is 10.2 Å². The van der Waals surface area contributed by atoms with Gasteiger partial charge in [0.15, 0.2) is 0 Å². The molecule has 2 heterocycles. The van der Waals surface area contributed by atoms with E-state index in [1.807, 2.05) is 0 Å². The average Bonchev–Trinajstić information content (AvgIpc) is 2.59. The molecule has 2 saturated heterocycles. The van der Waals surface area contributed by atoms with E-state index in [9.17, 15) is 0 Å². The van der Waals surface area contributed by atoms with Gasteiger partial charge in [-0.15, -0.1) is 0 Å². The Morgan fingerprint density at radius 1 is 1.06 bits per heavy atom. The molecule has 0 aliphatic carbocycles. The second-order valence-corrected chi connectivity index (χ2v) is 6.22. The SMILES string of the molecule is CCCC1(CN2CCCCCC2)CCCNC1. The first-order valence-electron chi connectivity index (χ1n) is 7.78. The number of hydrogen-bond acceptors (Lipinski definition) is 2. The van der Waals surface area contributed by atoms with Crippen molar-refractivity contribution in [2.45, 2.75) is 58.3 Å². The van der Waals surface area contributed by atoms with Crippen LogP contribution in [0.15, 0.2) is 0 Å². The molecule has 17 heavy (non-hydrogen) atoms. The van der Waals surface area contributed by atoms with Gasteiger partial charge in [0.25, 0.3) is 0 Å². The van der Waals surface area contributed by atoms with Gasteiger partial charge >= 0.3 is 0 Å². The third kappa shape index (κ3) is 3.96. The van der Waals surface area contributed by atoms with Crippen LogP contribution >= 0.6 is 0 Å². The van der Waals surface area contributed by atoms with Crippen LogP contribution in [-0.4, -0.2) is 37.6 Å². The first-order chi connectivity index (χ1) is 8.35. The van der Waals surface area contributed by atoms with E-state index in [2.05, 4.69) is 17.1 Å². The highest BCUT2D eigenvalue weighted by atomic mass is 15.1. The second-order valence-electron chi connectivity index (χ2n) is 6.22. The highest BCUT2D eigenvalue weighted by Crippen LogP contribution is 2.33. The minimum atomic E-state index is 0.595. The van der Waals surface area contributed by atoms with Gasteiger partial charge in [-0.1, -0.05) is 26.2 Å². The summed E-state index contributed by atoms with van der Waals surface area (Å²) in [6.07, 6.45) is 11.3. The molecule has 0 saturated carbocycles. The molecule has 0 aromatic carbocycles. The molecule has 0 radical (unpaired) electrons. The van der Waals surface area contributed by atoms with Gasteiger partial charge in [0, 0.05) is 13.1 Å². The highest BCUT2D eigenvalue weighted by Gasteiger charge is 2.32. The van der Waals surface area contributed by atoms with Gasteiger partial charge in [-0.25, -0.2) is 0 Å². The molecule has 0 bridgehead atoms. The van der Waals surface area contributed by atoms with Crippen molar-refractivity contribution >= 4 is 0 Å². The van der Waals surface area contributed by atoms with Crippen LogP contribution < -0.4 is 5.32 Å². The molecule has 1 atom stereocenters. The lowest BCUT2D eigenvalue weighted by atomic mass is 9.76. The Bertz CT molecular complexity index is 195. The van der Waals surface area contributed by atoms with E-state index in [-0.39, 0.29) is 0 Å². The van der Waals surface area contributed by atoms with Gasteiger partial charge in [0.2, 0.25) is 0 Å². The zero-order chi connectivity index (χ0) is 12.0. The normalized spacial score (nSPS) is 32.3. The monoisotopic (exact) mass is 238 g/mol. The highest BCUT2D eigenvalue weighted by molar-refractivity contribution is 4.88. The van der Waals surface area contributed by atoms with E-state index in [4.69, 9.17) is 0 Å². The van der Waals surface area contributed by atoms with Crippen LogP contribution in [0.25, 0.3) is 0 Å². The van der Waals surface area contributed by atoms with Crippen molar-refractivity contribution in [3.8, 4) is 0 Å². The maximum Gasteiger partial charge on any atom is 0.00501 e. The zero-order valence-electron chi connectivity index (χ0n) is 11.6. The standard InChI is InChI=1S/C15H30N2/c1-2-8-15(9-7-10-16-13-15)14-17-11-5-3-4-6-12-17/h16H,2-14H2,1H3. The molecular weight excluding hydrogens is 208 g/mol. The Kier molecular flexibility index (Phi) is 5.30. The first-order valence-corrected chi connectivity index (χ1v) is 7.78. The van der Waals surface area contributed by atoms with Crippen molar-refractivity contribution in [3.05, 3.63) is 0 Å². The summed E-state index contributed by atoms with van der Waals surface area (Å²) in [5.41, 5.74) is 0.595. The summed E-state index contributed by atoms with van der Waals surface area (Å²) in [7, 11) is 0. The Balaban J connectivity index is 1.90. The van der Waals surface area contributed by atoms with Crippen molar-refractivity contribution in [1.29, 1.82) is 0 Å². The molecule has 0 aromatic heterocycles. The number of hydrogen-bond donors (Lipinski definition) is 1. The first kappa shape index (κ1) is 13.4. The van der Waals surface area contributed by atoms with E-state index in [0.717, 1.165) is 0 Å². The van der Waals surface area contributed by atoms with Crippen LogP contribution in [0.4, 0.5) is 0 Å². The predicted octanol–water partition coefficient (Wildman–Crippen LogP) is 3.03. The molecule has 100 valence electrons. The lowest BCUT2D eigenvalue weighted by molar-refractivity contribution is 0.108. The molecule has 2 aliphatic rings. The second kappa shape index (κ2) is 6.75. The van der Waals surface area contributed by atoms with Crippen molar-refractivity contribution in [3.63, 3.8) is 0 Å². The van der Waals surface area contributed by atoms with Gasteiger partial charge < -0.3 is 10.2 Å². The average molecular weight is 238 g/mol. The number of likely N-dealkylation sites (tertiary alicyclic amines) is 1. The van der Waals surface area contributed by atoms with E-state index in [1.165, 1.54) is 84.1 Å². The molecule has 2 rings (SSSR count). The smallest absolute Gasteiger partial charge is 0.00501 e. The maximum atomic E-state index is 3.64. The zero-order valence-corrected chi connectivity index (χ0v) is 11.6. The fraction of sp³-hybridized carbons (Fsp3) is 1.00.